The van der Waals surface area contributed by atoms with Gasteiger partial charge >= 0.3 is 0 Å². The van der Waals surface area contributed by atoms with Crippen molar-refractivity contribution in [1.29, 1.82) is 0 Å². The van der Waals surface area contributed by atoms with E-state index in [4.69, 9.17) is 0 Å². The fourth-order valence-electron chi connectivity index (χ4n) is 0.354. The Balaban J connectivity index is -0.0000000453. The Hall–Kier alpha value is -0.910. The second-order valence-electron chi connectivity index (χ2n) is 1.41. The summed E-state index contributed by atoms with van der Waals surface area (Å²) < 4.78 is 0. The van der Waals surface area contributed by atoms with E-state index in [9.17, 15) is 0 Å². The summed E-state index contributed by atoms with van der Waals surface area (Å²) in [4.78, 5) is 0. The highest BCUT2D eigenvalue weighted by atomic mass is 13.8. The lowest BCUT2D eigenvalue weighted by molar-refractivity contribution is 0.759. The van der Waals surface area contributed by atoms with Crippen molar-refractivity contribution >= 4 is 0 Å². The van der Waals surface area contributed by atoms with E-state index in [1.54, 1.807) is 0 Å². The molecule has 12 heavy (non-hydrogen) atoms. The fraction of sp³-hybridized carbons (Fsp3) is 0.333. The van der Waals surface area contributed by atoms with Gasteiger partial charge in [0, 0.05) is 0 Å². The van der Waals surface area contributed by atoms with E-state index in [0.29, 0.717) is 0 Å². The number of hydrogen-bond acceptors (Lipinski definition) is 0. The molecule has 0 aliphatic heterocycles. The first-order chi connectivity index (χ1) is 5.91. The number of rotatable bonds is 3. The van der Waals surface area contributed by atoms with E-state index in [0.717, 1.165) is 12.8 Å². The van der Waals surface area contributed by atoms with Crippen LogP contribution in [-0.2, 0) is 0 Å². The summed E-state index contributed by atoms with van der Waals surface area (Å²) in [5, 5.41) is 0. The summed E-state index contributed by atoms with van der Waals surface area (Å²) in [6.45, 7) is 25.4. The van der Waals surface area contributed by atoms with Crippen molar-refractivity contribution in [2.24, 2.45) is 0 Å². The molecule has 0 nitrogen and oxygen atoms in total. The van der Waals surface area contributed by atoms with Crippen LogP contribution in [0.1, 0.15) is 25.7 Å². The summed E-state index contributed by atoms with van der Waals surface area (Å²) in [5.41, 5.74) is 0. The maximum Gasteiger partial charge on any atom is 0.0849 e. The minimum Gasteiger partial charge on any atom is -0.343 e. The lowest BCUT2D eigenvalue weighted by Crippen LogP contribution is -1.66. The molecule has 0 aromatic heterocycles. The van der Waals surface area contributed by atoms with Gasteiger partial charge in [0.25, 0.3) is 0 Å². The summed E-state index contributed by atoms with van der Waals surface area (Å²) in [7, 11) is 0. The Bertz CT molecular complexity index is 30.5. The van der Waals surface area contributed by atoms with Gasteiger partial charge in [0.15, 0.2) is 0 Å². The molecule has 0 aromatic rings. The van der Waals surface area contributed by atoms with E-state index in [1.165, 1.54) is 12.8 Å². The third-order valence-electron chi connectivity index (χ3n) is 0.750. The topological polar surface area (TPSA) is 0 Å². The highest BCUT2D eigenvalue weighted by Crippen LogP contribution is 1.94. The summed E-state index contributed by atoms with van der Waals surface area (Å²) in [5.74, 6) is 0. The summed E-state index contributed by atoms with van der Waals surface area (Å²) >= 11 is 0. The zero-order valence-electron chi connectivity index (χ0n) is 8.49. The summed E-state index contributed by atoms with van der Waals surface area (Å²) in [6, 6.07) is 0. The van der Waals surface area contributed by atoms with Gasteiger partial charge in [-0.25, -0.2) is 0 Å². The van der Waals surface area contributed by atoms with Crippen LogP contribution < -0.4 is 0 Å². The molecule has 0 atom stereocenters. The second kappa shape index (κ2) is 87.3. The average Bonchev–Trinajstić information content (AvgIpc) is 2.24. The molecule has 0 radical (unpaired) electrons. The standard InChI is InChI=1S/C6H12.3C2H4/c1-3-5-6-4-2;3*1-2/h1-6H2;3*1-2H2. The van der Waals surface area contributed by atoms with Crippen molar-refractivity contribution in [1.82, 2.24) is 0 Å². The van der Waals surface area contributed by atoms with Crippen LogP contribution in [0.3, 0.4) is 0 Å². The molecule has 0 aromatic carbocycles. The minimum atomic E-state index is 1.06. The normalized spacial score (nSPS) is 5.42. The van der Waals surface area contributed by atoms with E-state index in [-0.39, 0.29) is 0 Å². The van der Waals surface area contributed by atoms with Gasteiger partial charge in [-0.15, -0.1) is 39.5 Å². The Kier molecular flexibility index (Phi) is 163. The Morgan fingerprint density at radius 2 is 1.17 bits per heavy atom. The highest BCUT2D eigenvalue weighted by molar-refractivity contribution is 4.43. The average molecular weight is 168 g/mol. The molecule has 0 heteroatoms. The van der Waals surface area contributed by atoms with Gasteiger partial charge in [-0.2, -0.15) is 6.42 Å². The first-order valence-electron chi connectivity index (χ1n) is 4.00. The lowest BCUT2D eigenvalue weighted by Gasteiger charge is -1.88. The van der Waals surface area contributed by atoms with Crippen LogP contribution in [0.2, 0.25) is 0 Å². The molecule has 0 aliphatic rings. The molecule has 0 spiro atoms. The quantitative estimate of drug-likeness (QED) is 0.327. The highest BCUT2D eigenvalue weighted by Gasteiger charge is 1.77. The predicted molar refractivity (Wildman–Crippen MR) is 62.9 cm³/mol. The first-order valence-corrected chi connectivity index (χ1v) is 4.00. The zero-order valence-corrected chi connectivity index (χ0v) is 8.49. The molecular weight excluding hydrogens is 144 g/mol. The third kappa shape index (κ3) is 136. The molecule has 0 aliphatic carbocycles. The third-order valence-corrected chi connectivity index (χ3v) is 0.750. The van der Waals surface area contributed by atoms with Crippen LogP contribution in [0.5, 0.6) is 0 Å². The molecule has 0 heterocycles. The van der Waals surface area contributed by atoms with Crippen molar-refractivity contribution < 1.29 is 0 Å². The van der Waals surface area contributed by atoms with E-state index >= 15 is 0 Å². The monoisotopic (exact) mass is 168 g/mol. The lowest BCUT2D eigenvalue weighted by atomic mass is 10.2. The molecule has 0 bridgehead atoms. The Labute approximate surface area is 79.7 Å². The molecule has 0 saturated heterocycles. The van der Waals surface area contributed by atoms with Crippen LogP contribution in [0.15, 0.2) is 39.5 Å². The van der Waals surface area contributed by atoms with Crippen LogP contribution in [0.4, 0.5) is 0 Å². The predicted octanol–water partition coefficient (Wildman–Crippen LogP) is 4.62. The summed E-state index contributed by atoms with van der Waals surface area (Å²) in [6.07, 6.45) is 4.61. The smallest absolute Gasteiger partial charge is 0.0849 e. The van der Waals surface area contributed by atoms with Crippen molar-refractivity contribution in [3.05, 3.63) is 53.3 Å². The van der Waals surface area contributed by atoms with Crippen molar-refractivity contribution in [3.63, 3.8) is 0 Å². The fourth-order valence-corrected chi connectivity index (χ4v) is 0.354. The van der Waals surface area contributed by atoms with Crippen LogP contribution in [0, 0.1) is 13.8 Å². The minimum absolute atomic E-state index is 1.06. The molecule has 72 valence electrons. The molecule has 0 saturated carbocycles. The van der Waals surface area contributed by atoms with Gasteiger partial charge in [-0.1, -0.05) is 6.42 Å². The van der Waals surface area contributed by atoms with Crippen LogP contribution in [0.25, 0.3) is 0 Å². The van der Waals surface area contributed by atoms with E-state index in [2.05, 4.69) is 53.3 Å². The van der Waals surface area contributed by atoms with Crippen molar-refractivity contribution in [2.45, 2.75) is 25.7 Å². The largest absolute Gasteiger partial charge is 0.343 e. The van der Waals surface area contributed by atoms with Gasteiger partial charge in [0.05, 0.1) is 13.3 Å². The van der Waals surface area contributed by atoms with Gasteiger partial charge < -0.3 is 6.92 Å². The second-order valence-corrected chi connectivity index (χ2v) is 1.41. The SMILES string of the molecule is C=C.C=C.C=C.[CH2+]CCCC[CH2-]. The number of unbranched alkanes of at least 4 members (excludes halogenated alkanes) is 3. The van der Waals surface area contributed by atoms with Gasteiger partial charge in [0.2, 0.25) is 0 Å². The maximum absolute atomic E-state index is 3.70. The molecular formula is C12H24. The van der Waals surface area contributed by atoms with Crippen molar-refractivity contribution in [3.8, 4) is 0 Å². The molecule has 0 N–H and O–H groups in total. The van der Waals surface area contributed by atoms with Crippen molar-refractivity contribution in [2.75, 3.05) is 0 Å². The first kappa shape index (κ1) is 22.5. The van der Waals surface area contributed by atoms with Gasteiger partial charge in [0.1, 0.15) is 0 Å². The zero-order chi connectivity index (χ0) is 10.8. The Morgan fingerprint density at radius 3 is 1.25 bits per heavy atom. The van der Waals surface area contributed by atoms with Crippen LogP contribution in [-0.4, -0.2) is 0 Å². The number of hydrogen-bond donors (Lipinski definition) is 0. The van der Waals surface area contributed by atoms with Crippen LogP contribution >= 0.6 is 0 Å². The molecule has 0 fully saturated rings. The van der Waals surface area contributed by atoms with Gasteiger partial charge in [-0.05, 0) is 6.42 Å². The van der Waals surface area contributed by atoms with E-state index in [1.807, 2.05) is 0 Å². The van der Waals surface area contributed by atoms with E-state index < -0.39 is 0 Å². The Morgan fingerprint density at radius 1 is 0.833 bits per heavy atom. The molecule has 0 unspecified atom stereocenters. The molecule has 0 amide bonds. The van der Waals surface area contributed by atoms with Gasteiger partial charge in [-0.3, -0.25) is 0 Å². The maximum atomic E-state index is 3.70. The molecule has 0 rings (SSSR count).